The Labute approximate surface area is 101 Å². The number of hydrogen-bond acceptors (Lipinski definition) is 3. The first kappa shape index (κ1) is 11.5. The summed E-state index contributed by atoms with van der Waals surface area (Å²) in [6, 6.07) is 15.1. The number of nitrogens with two attached hydrogens (primary N) is 2. The minimum absolute atomic E-state index is 0.0313. The minimum Gasteiger partial charge on any atom is -0.399 e. The van der Waals surface area contributed by atoms with Gasteiger partial charge in [0.2, 0.25) is 0 Å². The van der Waals surface area contributed by atoms with Gasteiger partial charge in [-0.1, -0.05) is 24.3 Å². The van der Waals surface area contributed by atoms with Crippen LogP contribution < -0.4 is 11.5 Å². The van der Waals surface area contributed by atoms with E-state index in [2.05, 4.69) is 0 Å². The third-order valence-electron chi connectivity index (χ3n) is 2.86. The van der Waals surface area contributed by atoms with E-state index in [4.69, 9.17) is 11.5 Å². The molecule has 0 fully saturated rings. The number of anilines is 2. The van der Waals surface area contributed by atoms with Crippen LogP contribution in [0.3, 0.4) is 0 Å². The second-order valence-corrected chi connectivity index (χ2v) is 4.07. The number of aliphatic hydroxyl groups excluding tert-OH is 1. The topological polar surface area (TPSA) is 72.3 Å². The Morgan fingerprint density at radius 3 is 1.41 bits per heavy atom. The van der Waals surface area contributed by atoms with Gasteiger partial charge in [0.25, 0.3) is 0 Å². The maximum absolute atomic E-state index is 9.51. The molecule has 0 aliphatic carbocycles. The first-order valence-electron chi connectivity index (χ1n) is 5.52. The summed E-state index contributed by atoms with van der Waals surface area (Å²) in [5, 5.41) is 9.51. The molecule has 2 aromatic rings. The molecule has 0 aromatic heterocycles. The maximum atomic E-state index is 9.51. The van der Waals surface area contributed by atoms with Crippen LogP contribution in [0.2, 0.25) is 0 Å². The van der Waals surface area contributed by atoms with Crippen LogP contribution in [0.15, 0.2) is 48.5 Å². The van der Waals surface area contributed by atoms with Crippen LogP contribution in [0, 0.1) is 0 Å². The van der Waals surface area contributed by atoms with Gasteiger partial charge < -0.3 is 16.6 Å². The molecule has 3 nitrogen and oxygen atoms in total. The number of aliphatic hydroxyl groups is 1. The van der Waals surface area contributed by atoms with Gasteiger partial charge in [-0.2, -0.15) is 0 Å². The number of benzene rings is 2. The fraction of sp³-hybridized carbons (Fsp3) is 0.143. The minimum atomic E-state index is -0.0313. The highest BCUT2D eigenvalue weighted by Gasteiger charge is 2.12. The van der Waals surface area contributed by atoms with Crippen molar-refractivity contribution >= 4 is 11.4 Å². The summed E-state index contributed by atoms with van der Waals surface area (Å²) in [4.78, 5) is 0. The van der Waals surface area contributed by atoms with Gasteiger partial charge in [-0.25, -0.2) is 0 Å². The molecule has 0 unspecified atom stereocenters. The fourth-order valence-electron chi connectivity index (χ4n) is 1.86. The summed E-state index contributed by atoms with van der Waals surface area (Å²) in [6.07, 6.45) is 0. The van der Waals surface area contributed by atoms with E-state index in [0.717, 1.165) is 22.5 Å². The Morgan fingerprint density at radius 1 is 0.765 bits per heavy atom. The van der Waals surface area contributed by atoms with E-state index in [9.17, 15) is 5.11 Å². The molecule has 3 heteroatoms. The Kier molecular flexibility index (Phi) is 3.30. The molecule has 0 bridgehead atoms. The molecule has 2 aromatic carbocycles. The lowest BCUT2D eigenvalue weighted by Gasteiger charge is -2.15. The Morgan fingerprint density at radius 2 is 1.12 bits per heavy atom. The largest absolute Gasteiger partial charge is 0.399 e. The first-order chi connectivity index (χ1) is 8.20. The maximum Gasteiger partial charge on any atom is 0.0540 e. The van der Waals surface area contributed by atoms with Crippen molar-refractivity contribution in [2.75, 3.05) is 18.1 Å². The van der Waals surface area contributed by atoms with E-state index in [1.165, 1.54) is 0 Å². The summed E-state index contributed by atoms with van der Waals surface area (Å²) < 4.78 is 0. The molecule has 0 atom stereocenters. The summed E-state index contributed by atoms with van der Waals surface area (Å²) in [7, 11) is 0. The lowest BCUT2D eigenvalue weighted by molar-refractivity contribution is 0.280. The molecule has 2 rings (SSSR count). The van der Waals surface area contributed by atoms with Crippen LogP contribution in [0.4, 0.5) is 11.4 Å². The van der Waals surface area contributed by atoms with Gasteiger partial charge >= 0.3 is 0 Å². The number of hydrogen-bond donors (Lipinski definition) is 3. The van der Waals surface area contributed by atoms with Gasteiger partial charge in [0.15, 0.2) is 0 Å². The van der Waals surface area contributed by atoms with Crippen LogP contribution in [-0.4, -0.2) is 11.7 Å². The molecule has 0 radical (unpaired) electrons. The summed E-state index contributed by atoms with van der Waals surface area (Å²) in [5.74, 6) is -0.0313. The van der Waals surface area contributed by atoms with E-state index < -0.39 is 0 Å². The molecule has 0 aliphatic heterocycles. The van der Waals surface area contributed by atoms with Gasteiger partial charge in [-0.3, -0.25) is 0 Å². The van der Waals surface area contributed by atoms with Gasteiger partial charge in [-0.15, -0.1) is 0 Å². The van der Waals surface area contributed by atoms with Gasteiger partial charge in [0.05, 0.1) is 6.61 Å². The molecule has 17 heavy (non-hydrogen) atoms. The number of nitrogen functional groups attached to an aromatic ring is 2. The quantitative estimate of drug-likeness (QED) is 0.703. The standard InChI is InChI=1S/C14H16N2O/c15-12-5-1-10(2-6-12)14(9-17)11-3-7-13(16)8-4-11/h1-8,14,17H,9,15-16H2. The van der Waals surface area contributed by atoms with E-state index >= 15 is 0 Å². The third-order valence-corrected chi connectivity index (χ3v) is 2.86. The molecular formula is C14H16N2O. The molecule has 0 saturated carbocycles. The van der Waals surface area contributed by atoms with Crippen molar-refractivity contribution in [2.45, 2.75) is 5.92 Å². The van der Waals surface area contributed by atoms with Crippen LogP contribution in [0.1, 0.15) is 17.0 Å². The molecular weight excluding hydrogens is 212 g/mol. The lowest BCUT2D eigenvalue weighted by Crippen LogP contribution is -2.06. The average Bonchev–Trinajstić information content (AvgIpc) is 2.35. The SMILES string of the molecule is Nc1ccc(C(CO)c2ccc(N)cc2)cc1. The molecule has 0 saturated heterocycles. The Bertz CT molecular complexity index is 431. The molecule has 0 heterocycles. The zero-order chi connectivity index (χ0) is 12.3. The highest BCUT2D eigenvalue weighted by molar-refractivity contribution is 5.45. The van der Waals surface area contributed by atoms with E-state index in [1.54, 1.807) is 0 Å². The van der Waals surface area contributed by atoms with Crippen molar-refractivity contribution in [3.63, 3.8) is 0 Å². The van der Waals surface area contributed by atoms with Crippen molar-refractivity contribution in [1.82, 2.24) is 0 Å². The Hall–Kier alpha value is -2.00. The van der Waals surface area contributed by atoms with E-state index in [1.807, 2.05) is 48.5 Å². The van der Waals surface area contributed by atoms with Crippen molar-refractivity contribution in [3.8, 4) is 0 Å². The zero-order valence-corrected chi connectivity index (χ0v) is 9.51. The van der Waals surface area contributed by atoms with Gasteiger partial charge in [0.1, 0.15) is 0 Å². The normalized spacial score (nSPS) is 10.7. The van der Waals surface area contributed by atoms with Crippen LogP contribution >= 0.6 is 0 Å². The number of rotatable bonds is 3. The lowest BCUT2D eigenvalue weighted by atomic mass is 9.92. The Balaban J connectivity index is 2.33. The predicted octanol–water partition coefficient (Wildman–Crippen LogP) is 1.98. The molecule has 0 amide bonds. The van der Waals surface area contributed by atoms with Crippen molar-refractivity contribution in [3.05, 3.63) is 59.7 Å². The van der Waals surface area contributed by atoms with Crippen LogP contribution in [0.25, 0.3) is 0 Å². The smallest absolute Gasteiger partial charge is 0.0540 e. The van der Waals surface area contributed by atoms with Crippen molar-refractivity contribution < 1.29 is 5.11 Å². The van der Waals surface area contributed by atoms with E-state index in [-0.39, 0.29) is 12.5 Å². The predicted molar refractivity (Wildman–Crippen MR) is 70.6 cm³/mol. The van der Waals surface area contributed by atoms with Crippen molar-refractivity contribution in [2.24, 2.45) is 0 Å². The summed E-state index contributed by atoms with van der Waals surface area (Å²) in [6.45, 7) is 0.0633. The van der Waals surface area contributed by atoms with Gasteiger partial charge in [-0.05, 0) is 35.4 Å². The highest BCUT2D eigenvalue weighted by atomic mass is 16.3. The van der Waals surface area contributed by atoms with E-state index in [0.29, 0.717) is 0 Å². The molecule has 0 spiro atoms. The highest BCUT2D eigenvalue weighted by Crippen LogP contribution is 2.25. The first-order valence-corrected chi connectivity index (χ1v) is 5.52. The fourth-order valence-corrected chi connectivity index (χ4v) is 1.86. The van der Waals surface area contributed by atoms with Crippen LogP contribution in [0.5, 0.6) is 0 Å². The van der Waals surface area contributed by atoms with Crippen LogP contribution in [-0.2, 0) is 0 Å². The monoisotopic (exact) mass is 228 g/mol. The molecule has 5 N–H and O–H groups in total. The van der Waals surface area contributed by atoms with Crippen molar-refractivity contribution in [1.29, 1.82) is 0 Å². The zero-order valence-electron chi connectivity index (χ0n) is 9.51. The average molecular weight is 228 g/mol. The second-order valence-electron chi connectivity index (χ2n) is 4.07. The van der Waals surface area contributed by atoms with Gasteiger partial charge in [0, 0.05) is 17.3 Å². The second kappa shape index (κ2) is 4.89. The summed E-state index contributed by atoms with van der Waals surface area (Å²) in [5.41, 5.74) is 14.8. The molecule has 88 valence electrons. The summed E-state index contributed by atoms with van der Waals surface area (Å²) >= 11 is 0. The molecule has 0 aliphatic rings. The third kappa shape index (κ3) is 2.57.